The van der Waals surface area contributed by atoms with Gasteiger partial charge in [-0.15, -0.1) is 0 Å². The standard InChI is InChI=1S/C18H26N4O/c1-3-7-22(8-4-2)13-9-12-11-20-16-6-5-14(18(23)21-19)15(10-13)17(12)16/h5-6,11,13,20H,3-4,7-10,19H2,1-2H3,(H,21,23)/t13-/m0/s1. The first-order chi connectivity index (χ1) is 11.2. The van der Waals surface area contributed by atoms with E-state index in [0.717, 1.165) is 49.9 Å². The van der Waals surface area contributed by atoms with E-state index in [1.54, 1.807) is 0 Å². The van der Waals surface area contributed by atoms with Gasteiger partial charge in [-0.1, -0.05) is 13.8 Å². The Morgan fingerprint density at radius 3 is 2.70 bits per heavy atom. The number of nitrogens with two attached hydrogens (primary N) is 1. The van der Waals surface area contributed by atoms with Crippen molar-refractivity contribution in [2.75, 3.05) is 13.1 Å². The third-order valence-electron chi connectivity index (χ3n) is 4.84. The quantitative estimate of drug-likeness (QED) is 0.435. The first-order valence-electron chi connectivity index (χ1n) is 8.56. The highest BCUT2D eigenvalue weighted by Crippen LogP contribution is 2.33. The van der Waals surface area contributed by atoms with E-state index >= 15 is 0 Å². The summed E-state index contributed by atoms with van der Waals surface area (Å²) in [6.07, 6.45) is 6.35. The number of amides is 1. The summed E-state index contributed by atoms with van der Waals surface area (Å²) in [4.78, 5) is 18.1. The van der Waals surface area contributed by atoms with Gasteiger partial charge < -0.3 is 4.98 Å². The summed E-state index contributed by atoms with van der Waals surface area (Å²) >= 11 is 0. The van der Waals surface area contributed by atoms with E-state index in [4.69, 9.17) is 5.84 Å². The molecule has 0 saturated carbocycles. The van der Waals surface area contributed by atoms with Crippen molar-refractivity contribution in [1.29, 1.82) is 0 Å². The summed E-state index contributed by atoms with van der Waals surface area (Å²) in [5.74, 6) is 5.17. The van der Waals surface area contributed by atoms with Crippen LogP contribution in [-0.4, -0.2) is 34.9 Å². The van der Waals surface area contributed by atoms with Crippen LogP contribution in [0.5, 0.6) is 0 Å². The molecule has 1 aliphatic carbocycles. The summed E-state index contributed by atoms with van der Waals surface area (Å²) in [7, 11) is 0. The van der Waals surface area contributed by atoms with Crippen molar-refractivity contribution in [3.8, 4) is 0 Å². The van der Waals surface area contributed by atoms with Gasteiger partial charge in [-0.2, -0.15) is 0 Å². The maximum Gasteiger partial charge on any atom is 0.265 e. The van der Waals surface area contributed by atoms with Crippen LogP contribution in [0.15, 0.2) is 18.3 Å². The average Bonchev–Trinajstić information content (AvgIpc) is 2.98. The second kappa shape index (κ2) is 6.72. The van der Waals surface area contributed by atoms with Crippen LogP contribution in [-0.2, 0) is 12.8 Å². The van der Waals surface area contributed by atoms with Gasteiger partial charge in [0.2, 0.25) is 0 Å². The molecule has 5 heteroatoms. The molecule has 5 nitrogen and oxygen atoms in total. The number of aromatic nitrogens is 1. The van der Waals surface area contributed by atoms with E-state index < -0.39 is 0 Å². The zero-order valence-corrected chi connectivity index (χ0v) is 14.0. The van der Waals surface area contributed by atoms with E-state index in [1.165, 1.54) is 10.9 Å². The molecule has 0 unspecified atom stereocenters. The lowest BCUT2D eigenvalue weighted by molar-refractivity contribution is 0.0952. The molecule has 4 N–H and O–H groups in total. The van der Waals surface area contributed by atoms with Crippen molar-refractivity contribution in [2.45, 2.75) is 45.6 Å². The molecule has 0 spiro atoms. The lowest BCUT2D eigenvalue weighted by Crippen LogP contribution is -2.41. The summed E-state index contributed by atoms with van der Waals surface area (Å²) in [6, 6.07) is 4.31. The molecule has 1 aromatic carbocycles. The number of hydrazine groups is 1. The first kappa shape index (κ1) is 16.0. The van der Waals surface area contributed by atoms with Gasteiger partial charge >= 0.3 is 0 Å². The van der Waals surface area contributed by atoms with E-state index in [9.17, 15) is 4.79 Å². The molecule has 3 rings (SSSR count). The molecule has 0 fully saturated rings. The molecule has 1 aliphatic rings. The van der Waals surface area contributed by atoms with E-state index in [-0.39, 0.29) is 5.91 Å². The monoisotopic (exact) mass is 314 g/mol. The number of rotatable bonds is 6. The Labute approximate surface area is 137 Å². The van der Waals surface area contributed by atoms with Gasteiger partial charge in [0, 0.05) is 28.7 Å². The molecule has 1 heterocycles. The van der Waals surface area contributed by atoms with Crippen LogP contribution >= 0.6 is 0 Å². The van der Waals surface area contributed by atoms with Crippen molar-refractivity contribution in [3.63, 3.8) is 0 Å². The van der Waals surface area contributed by atoms with Crippen LogP contribution in [0.2, 0.25) is 0 Å². The van der Waals surface area contributed by atoms with Gasteiger partial charge in [-0.25, -0.2) is 5.84 Å². The smallest absolute Gasteiger partial charge is 0.265 e. The fourth-order valence-electron chi connectivity index (χ4n) is 3.91. The summed E-state index contributed by atoms with van der Waals surface area (Å²) in [6.45, 7) is 6.65. The van der Waals surface area contributed by atoms with E-state index in [2.05, 4.69) is 35.4 Å². The summed E-state index contributed by atoms with van der Waals surface area (Å²) in [5, 5.41) is 1.22. The molecule has 1 atom stereocenters. The fraction of sp³-hybridized carbons (Fsp3) is 0.500. The highest BCUT2D eigenvalue weighted by atomic mass is 16.2. The Kier molecular flexibility index (Phi) is 4.68. The van der Waals surface area contributed by atoms with Crippen LogP contribution in [0.1, 0.15) is 48.2 Å². The second-order valence-corrected chi connectivity index (χ2v) is 6.40. The minimum absolute atomic E-state index is 0.202. The number of nitrogens with zero attached hydrogens (tertiary/aromatic N) is 1. The number of nitrogens with one attached hydrogen (secondary N) is 2. The van der Waals surface area contributed by atoms with Gasteiger partial charge in [-0.3, -0.25) is 15.1 Å². The van der Waals surface area contributed by atoms with Crippen LogP contribution < -0.4 is 11.3 Å². The lowest BCUT2D eigenvalue weighted by Gasteiger charge is -2.34. The molecule has 23 heavy (non-hydrogen) atoms. The third-order valence-corrected chi connectivity index (χ3v) is 4.84. The Hall–Kier alpha value is -1.85. The van der Waals surface area contributed by atoms with Crippen LogP contribution in [0, 0.1) is 0 Å². The molecule has 2 aromatic rings. The number of carbonyl (C=O) groups is 1. The number of hydrogen-bond donors (Lipinski definition) is 3. The van der Waals surface area contributed by atoms with Crippen LogP contribution in [0.4, 0.5) is 0 Å². The van der Waals surface area contributed by atoms with Gasteiger partial charge in [0.25, 0.3) is 5.91 Å². The third kappa shape index (κ3) is 2.86. The van der Waals surface area contributed by atoms with Gasteiger partial charge in [0.05, 0.1) is 0 Å². The second-order valence-electron chi connectivity index (χ2n) is 6.40. The summed E-state index contributed by atoms with van der Waals surface area (Å²) < 4.78 is 0. The number of hydrogen-bond acceptors (Lipinski definition) is 3. The number of H-pyrrole nitrogens is 1. The minimum atomic E-state index is -0.202. The summed E-state index contributed by atoms with van der Waals surface area (Å²) in [5.41, 5.74) is 6.56. The number of carbonyl (C=O) groups excluding carboxylic acids is 1. The normalized spacial score (nSPS) is 17.0. The van der Waals surface area contributed by atoms with E-state index in [1.807, 2.05) is 12.1 Å². The van der Waals surface area contributed by atoms with Gasteiger partial charge in [0.15, 0.2) is 0 Å². The van der Waals surface area contributed by atoms with Crippen molar-refractivity contribution in [2.24, 2.45) is 5.84 Å². The van der Waals surface area contributed by atoms with E-state index in [0.29, 0.717) is 11.6 Å². The maximum absolute atomic E-state index is 12.2. The predicted molar refractivity (Wildman–Crippen MR) is 93.3 cm³/mol. The molecule has 0 bridgehead atoms. The molecule has 0 radical (unpaired) electrons. The molecule has 124 valence electrons. The maximum atomic E-state index is 12.2. The van der Waals surface area contributed by atoms with Gasteiger partial charge in [0.1, 0.15) is 0 Å². The molecule has 1 aromatic heterocycles. The topological polar surface area (TPSA) is 74.2 Å². The first-order valence-corrected chi connectivity index (χ1v) is 8.56. The van der Waals surface area contributed by atoms with Crippen LogP contribution in [0.25, 0.3) is 10.9 Å². The number of nitrogen functional groups attached to an aromatic ring is 1. The lowest BCUT2D eigenvalue weighted by atomic mass is 9.85. The zero-order valence-electron chi connectivity index (χ0n) is 14.0. The SMILES string of the molecule is CCCN(CCC)[C@H]1Cc2c[nH]c3ccc(C(=O)NN)c(c23)C1. The Morgan fingerprint density at radius 2 is 2.04 bits per heavy atom. The molecular weight excluding hydrogens is 288 g/mol. The Bertz CT molecular complexity index is 700. The minimum Gasteiger partial charge on any atom is -0.361 e. The molecule has 0 saturated heterocycles. The van der Waals surface area contributed by atoms with Crippen LogP contribution in [0.3, 0.4) is 0 Å². The van der Waals surface area contributed by atoms with Gasteiger partial charge in [-0.05, 0) is 62.0 Å². The highest BCUT2D eigenvalue weighted by Gasteiger charge is 2.28. The molecule has 1 amide bonds. The average molecular weight is 314 g/mol. The Morgan fingerprint density at radius 1 is 1.30 bits per heavy atom. The van der Waals surface area contributed by atoms with Crippen molar-refractivity contribution in [3.05, 3.63) is 35.0 Å². The largest absolute Gasteiger partial charge is 0.361 e. The predicted octanol–water partition coefficient (Wildman–Crippen LogP) is 2.36. The Balaban J connectivity index is 2.02. The highest BCUT2D eigenvalue weighted by molar-refractivity contribution is 6.02. The zero-order chi connectivity index (χ0) is 16.4. The van der Waals surface area contributed by atoms with Crippen molar-refractivity contribution in [1.82, 2.24) is 15.3 Å². The molecule has 0 aliphatic heterocycles. The fourth-order valence-corrected chi connectivity index (χ4v) is 3.91. The van der Waals surface area contributed by atoms with Crippen molar-refractivity contribution < 1.29 is 4.79 Å². The molecular formula is C18H26N4O. The van der Waals surface area contributed by atoms with Crippen molar-refractivity contribution >= 4 is 16.8 Å². The number of benzene rings is 1. The number of aromatic amines is 1.